The average molecular weight is 310 g/mol. The van der Waals surface area contributed by atoms with E-state index < -0.39 is 0 Å². The van der Waals surface area contributed by atoms with Crippen molar-refractivity contribution < 1.29 is 35.9 Å². The molecule has 1 aromatic rings. The van der Waals surface area contributed by atoms with E-state index in [1.54, 1.807) is 0 Å². The third-order valence-electron chi connectivity index (χ3n) is 1.68. The van der Waals surface area contributed by atoms with Gasteiger partial charge in [-0.3, -0.25) is 0 Å². The molecule has 0 fully saturated rings. The zero-order chi connectivity index (χ0) is 8.65. The van der Waals surface area contributed by atoms with Crippen LogP contribution < -0.4 is 0 Å². The van der Waals surface area contributed by atoms with Gasteiger partial charge in [-0.15, -0.1) is 0 Å². The quantitative estimate of drug-likeness (QED) is 0.578. The van der Waals surface area contributed by atoms with Crippen molar-refractivity contribution >= 4 is 3.47 Å². The van der Waals surface area contributed by atoms with E-state index >= 15 is 0 Å². The number of hydrogen-bond acceptors (Lipinski definition) is 0. The summed E-state index contributed by atoms with van der Waals surface area (Å²) in [5, 5.41) is 0. The Hall–Kier alpha value is 1.00. The van der Waals surface area contributed by atoms with Crippen LogP contribution in [0.5, 0.6) is 0 Å². The van der Waals surface area contributed by atoms with Gasteiger partial charge < -0.3 is 0 Å². The summed E-state index contributed by atoms with van der Waals surface area (Å²) in [4.78, 5) is 0. The Morgan fingerprint density at radius 1 is 1.25 bits per heavy atom. The number of rotatable bonds is 5. The normalized spacial score (nSPS) is 10.8. The maximum absolute atomic E-state index is 2.35. The molecular formula is C10H15NdP. The second kappa shape index (κ2) is 7.41. The molecule has 64 valence electrons. The Labute approximate surface area is 95.7 Å². The second-order valence-corrected chi connectivity index (χ2v) is 13.0. The fourth-order valence-electron chi connectivity index (χ4n) is 1.06. The Morgan fingerprint density at radius 3 is 2.67 bits per heavy atom. The predicted molar refractivity (Wildman–Crippen MR) is 53.8 cm³/mol. The van der Waals surface area contributed by atoms with Crippen molar-refractivity contribution in [1.82, 2.24) is 0 Å². The summed E-state index contributed by atoms with van der Waals surface area (Å²) in [5.74, 6) is 0. The first-order valence-corrected chi connectivity index (χ1v) is 12.7. The van der Waals surface area contributed by atoms with Crippen molar-refractivity contribution in [3.8, 4) is 0 Å². The predicted octanol–water partition coefficient (Wildman–Crippen LogP) is 3.35. The van der Waals surface area contributed by atoms with Crippen LogP contribution in [-0.4, -0.2) is 6.16 Å². The van der Waals surface area contributed by atoms with Gasteiger partial charge in [0.1, 0.15) is 0 Å². The number of benzene rings is 1. The van der Waals surface area contributed by atoms with Gasteiger partial charge in [0, 0.05) is 0 Å². The average Bonchev–Trinajstić information content (AvgIpc) is 2.14. The molecule has 0 spiro atoms. The minimum atomic E-state index is -0.0968. The molecule has 0 N–H and O–H groups in total. The van der Waals surface area contributed by atoms with E-state index in [1.807, 2.05) is 0 Å². The molecule has 0 aromatic heterocycles. The van der Waals surface area contributed by atoms with E-state index in [-0.39, 0.29) is 35.9 Å². The van der Waals surface area contributed by atoms with Crippen molar-refractivity contribution in [3.63, 3.8) is 0 Å². The third-order valence-corrected chi connectivity index (χ3v) is 11.0. The van der Waals surface area contributed by atoms with Crippen molar-refractivity contribution in [1.29, 1.82) is 0 Å². The van der Waals surface area contributed by atoms with Gasteiger partial charge in [-0.05, 0) is 0 Å². The van der Waals surface area contributed by atoms with Gasteiger partial charge in [-0.25, -0.2) is 0 Å². The van der Waals surface area contributed by atoms with Crippen LogP contribution in [0.2, 0.25) is 2.07 Å². The van der Waals surface area contributed by atoms with Gasteiger partial charge in [0.25, 0.3) is 0 Å². The molecule has 0 heterocycles. The molecule has 0 aliphatic carbocycles. The summed E-state index contributed by atoms with van der Waals surface area (Å²) in [6.45, 7) is 2.35. The summed E-state index contributed by atoms with van der Waals surface area (Å²) in [6, 6.07) is 10.9. The molecule has 2 heteroatoms. The van der Waals surface area contributed by atoms with Crippen molar-refractivity contribution in [2.45, 2.75) is 15.4 Å². The van der Waals surface area contributed by atoms with Gasteiger partial charge >= 0.3 is 96.9 Å². The van der Waals surface area contributed by atoms with Crippen LogP contribution in [0.3, 0.4) is 0 Å². The second-order valence-electron chi connectivity index (χ2n) is 2.69. The van der Waals surface area contributed by atoms with E-state index in [1.165, 1.54) is 23.7 Å². The molecule has 0 nitrogen and oxygen atoms in total. The van der Waals surface area contributed by atoms with Gasteiger partial charge in [0.05, 0.1) is 0 Å². The number of hydrogen-bond donors (Lipinski definition) is 0. The molecule has 12 heavy (non-hydrogen) atoms. The van der Waals surface area contributed by atoms with Gasteiger partial charge in [-0.2, -0.15) is 0 Å². The Kier molecular flexibility index (Phi) is 6.84. The zero-order valence-electron chi connectivity index (χ0n) is 7.51. The van der Waals surface area contributed by atoms with E-state index in [0.717, 1.165) is 0 Å². The monoisotopic (exact) mass is 308 g/mol. The molecule has 1 atom stereocenters. The minimum absolute atomic E-state index is 0.0968. The summed E-state index contributed by atoms with van der Waals surface area (Å²) < 4.78 is 2.89. The SMILES string of the molecule is C[CH2][Nd][PH]CCc1ccccc1. The van der Waals surface area contributed by atoms with Gasteiger partial charge in [0.2, 0.25) is 0 Å². The Morgan fingerprint density at radius 2 is 2.00 bits per heavy atom. The summed E-state index contributed by atoms with van der Waals surface area (Å²) >= 11 is -0.0968. The summed E-state index contributed by atoms with van der Waals surface area (Å²) in [6.07, 6.45) is 2.77. The number of aryl methyl sites for hydroxylation is 1. The van der Waals surface area contributed by atoms with Crippen LogP contribution >= 0.6 is 3.47 Å². The molecule has 0 aliphatic heterocycles. The maximum atomic E-state index is 2.35. The van der Waals surface area contributed by atoms with Crippen LogP contribution in [0.25, 0.3) is 0 Å². The Bertz CT molecular complexity index is 198. The van der Waals surface area contributed by atoms with Crippen LogP contribution in [0.4, 0.5) is 0 Å². The molecule has 1 aromatic carbocycles. The first-order chi connectivity index (χ1) is 5.93. The Balaban J connectivity index is 2.16. The van der Waals surface area contributed by atoms with Crippen molar-refractivity contribution in [3.05, 3.63) is 35.9 Å². The molecular weight excluding hydrogens is 295 g/mol. The molecule has 0 bridgehead atoms. The molecule has 0 amide bonds. The van der Waals surface area contributed by atoms with E-state index in [9.17, 15) is 0 Å². The molecule has 0 radical (unpaired) electrons. The molecule has 0 saturated heterocycles. The summed E-state index contributed by atoms with van der Waals surface area (Å²) in [7, 11) is 0. The fourth-order valence-corrected chi connectivity index (χ4v) is 7.22. The van der Waals surface area contributed by atoms with Crippen LogP contribution in [0, 0.1) is 35.9 Å². The topological polar surface area (TPSA) is 0 Å². The fraction of sp³-hybridized carbons (Fsp3) is 0.400. The van der Waals surface area contributed by atoms with Gasteiger partial charge in [0.15, 0.2) is 0 Å². The first-order valence-electron chi connectivity index (χ1n) is 4.43. The third kappa shape index (κ3) is 4.89. The van der Waals surface area contributed by atoms with E-state index in [0.29, 0.717) is 0 Å². The van der Waals surface area contributed by atoms with E-state index in [2.05, 4.69) is 37.3 Å². The van der Waals surface area contributed by atoms with Crippen molar-refractivity contribution in [2.75, 3.05) is 6.16 Å². The molecule has 0 aliphatic rings. The molecule has 0 saturated carbocycles. The standard InChI is InChI=1S/C8H10P.C2H5.Nd/c9-7-6-8-4-2-1-3-5-8;1-2;/h1-5,9H,6-7H2;1H2,2H3;/q-1;;+1. The molecule has 1 rings (SSSR count). The van der Waals surface area contributed by atoms with Crippen LogP contribution in [-0.2, 0) is 6.42 Å². The van der Waals surface area contributed by atoms with Crippen LogP contribution in [0.1, 0.15) is 12.5 Å². The van der Waals surface area contributed by atoms with E-state index in [4.69, 9.17) is 0 Å². The zero-order valence-corrected chi connectivity index (χ0v) is 11.7. The van der Waals surface area contributed by atoms with Gasteiger partial charge in [-0.1, -0.05) is 0 Å². The van der Waals surface area contributed by atoms with Crippen molar-refractivity contribution in [2.24, 2.45) is 0 Å². The van der Waals surface area contributed by atoms with Crippen LogP contribution in [0.15, 0.2) is 30.3 Å². The first kappa shape index (κ1) is 11.1. The molecule has 1 unspecified atom stereocenters. The summed E-state index contributed by atoms with van der Waals surface area (Å²) in [5.41, 5.74) is 1.52.